The summed E-state index contributed by atoms with van der Waals surface area (Å²) in [6.07, 6.45) is 0. The molecule has 0 saturated carbocycles. The van der Waals surface area contributed by atoms with Gasteiger partial charge in [-0.15, -0.1) is 0 Å². The largest absolute Gasteiger partial charge is 0.326 e. The molecule has 0 aliphatic rings. The first-order chi connectivity index (χ1) is 5.29. The van der Waals surface area contributed by atoms with Crippen LogP contribution in [0.1, 0.15) is 11.1 Å². The second-order valence-electron chi connectivity index (χ2n) is 2.23. The van der Waals surface area contributed by atoms with E-state index in [1.807, 2.05) is 0 Å². The Labute approximate surface area is 70.6 Å². The van der Waals surface area contributed by atoms with Crippen LogP contribution in [0.2, 0.25) is 5.02 Å². The summed E-state index contributed by atoms with van der Waals surface area (Å²) in [6, 6.07) is 5.25. The van der Waals surface area contributed by atoms with E-state index in [1.54, 1.807) is 18.2 Å². The number of hydrogen-bond acceptors (Lipinski definition) is 1. The van der Waals surface area contributed by atoms with Crippen LogP contribution in [0.15, 0.2) is 18.2 Å². The molecule has 0 spiro atoms. The van der Waals surface area contributed by atoms with E-state index in [-0.39, 0.29) is 6.61 Å². The second-order valence-corrected chi connectivity index (χ2v) is 2.63. The van der Waals surface area contributed by atoms with Crippen LogP contribution in [-0.4, -0.2) is 0 Å². The summed E-state index contributed by atoms with van der Waals surface area (Å²) in [5, 5.41) is 11.1. The van der Waals surface area contributed by atoms with Gasteiger partial charge in [-0.05, 0) is 17.2 Å². The molecule has 0 saturated heterocycles. The molecular formula is C8H9ClNO. The van der Waals surface area contributed by atoms with Crippen molar-refractivity contribution in [1.29, 1.82) is 0 Å². The first kappa shape index (κ1) is 8.53. The standard InChI is InChI=1S/C8H9ClNO/c9-8-3-1-2-6(5-11)7(8)4-10/h1-3H,4-5,10H2. The van der Waals surface area contributed by atoms with Gasteiger partial charge in [0.15, 0.2) is 0 Å². The average molecular weight is 171 g/mol. The van der Waals surface area contributed by atoms with Crippen LogP contribution in [0.25, 0.3) is 0 Å². The third-order valence-corrected chi connectivity index (χ3v) is 1.93. The van der Waals surface area contributed by atoms with Gasteiger partial charge >= 0.3 is 0 Å². The fraction of sp³-hybridized carbons (Fsp3) is 0.250. The van der Waals surface area contributed by atoms with Gasteiger partial charge in [0.1, 0.15) is 6.61 Å². The summed E-state index contributed by atoms with van der Waals surface area (Å²) < 4.78 is 0. The maximum Gasteiger partial charge on any atom is 0.108 e. The van der Waals surface area contributed by atoms with E-state index in [4.69, 9.17) is 17.3 Å². The molecule has 0 aromatic heterocycles. The predicted molar refractivity (Wildman–Crippen MR) is 43.7 cm³/mol. The number of benzene rings is 1. The Kier molecular flexibility index (Phi) is 2.88. The maximum atomic E-state index is 10.5. The Bertz CT molecular complexity index is 250. The Morgan fingerprint density at radius 1 is 1.45 bits per heavy atom. The van der Waals surface area contributed by atoms with Crippen molar-refractivity contribution in [3.05, 3.63) is 34.3 Å². The summed E-state index contributed by atoms with van der Waals surface area (Å²) in [5.74, 6) is 0. The molecule has 0 atom stereocenters. The van der Waals surface area contributed by atoms with Crippen molar-refractivity contribution < 1.29 is 5.11 Å². The normalized spacial score (nSPS) is 10.1. The van der Waals surface area contributed by atoms with Crippen molar-refractivity contribution in [1.82, 2.24) is 0 Å². The lowest BCUT2D eigenvalue weighted by molar-refractivity contribution is 0.177. The van der Waals surface area contributed by atoms with Gasteiger partial charge < -0.3 is 5.73 Å². The zero-order chi connectivity index (χ0) is 8.27. The van der Waals surface area contributed by atoms with Crippen molar-refractivity contribution in [2.24, 2.45) is 5.73 Å². The molecule has 0 amide bonds. The highest BCUT2D eigenvalue weighted by molar-refractivity contribution is 6.31. The minimum atomic E-state index is -0.257. The highest BCUT2D eigenvalue weighted by Crippen LogP contribution is 2.19. The SMILES string of the molecule is NCc1c(Cl)cccc1C[O]. The third-order valence-electron chi connectivity index (χ3n) is 1.58. The highest BCUT2D eigenvalue weighted by Gasteiger charge is 2.03. The topological polar surface area (TPSA) is 45.9 Å². The lowest BCUT2D eigenvalue weighted by atomic mass is 10.1. The minimum absolute atomic E-state index is 0.257. The summed E-state index contributed by atoms with van der Waals surface area (Å²) in [6.45, 7) is 0.0737. The predicted octanol–water partition coefficient (Wildman–Crippen LogP) is 1.73. The molecule has 1 aromatic carbocycles. The van der Waals surface area contributed by atoms with Crippen LogP contribution in [0.4, 0.5) is 0 Å². The molecular weight excluding hydrogens is 162 g/mol. The van der Waals surface area contributed by atoms with Crippen LogP contribution in [0, 0.1) is 0 Å². The maximum absolute atomic E-state index is 10.5. The molecule has 3 heteroatoms. The minimum Gasteiger partial charge on any atom is -0.326 e. The zero-order valence-electron chi connectivity index (χ0n) is 6.01. The van der Waals surface area contributed by atoms with Crippen LogP contribution in [0.5, 0.6) is 0 Å². The Morgan fingerprint density at radius 3 is 2.64 bits per heavy atom. The molecule has 2 nitrogen and oxygen atoms in total. The molecule has 59 valence electrons. The summed E-state index contributed by atoms with van der Waals surface area (Å²) in [5.41, 5.74) is 6.87. The third kappa shape index (κ3) is 1.71. The van der Waals surface area contributed by atoms with E-state index < -0.39 is 0 Å². The molecule has 1 rings (SSSR count). The smallest absolute Gasteiger partial charge is 0.108 e. The van der Waals surface area contributed by atoms with Gasteiger partial charge in [0.25, 0.3) is 0 Å². The van der Waals surface area contributed by atoms with Crippen LogP contribution < -0.4 is 5.73 Å². The van der Waals surface area contributed by atoms with Crippen molar-refractivity contribution in [2.45, 2.75) is 13.2 Å². The van der Waals surface area contributed by atoms with Crippen molar-refractivity contribution in [2.75, 3.05) is 0 Å². The molecule has 2 N–H and O–H groups in total. The van der Waals surface area contributed by atoms with Gasteiger partial charge in [0.2, 0.25) is 0 Å². The number of rotatable bonds is 2. The number of hydrogen-bond donors (Lipinski definition) is 1. The molecule has 0 fully saturated rings. The first-order valence-corrected chi connectivity index (χ1v) is 3.71. The lowest BCUT2D eigenvalue weighted by Gasteiger charge is -2.04. The lowest BCUT2D eigenvalue weighted by Crippen LogP contribution is -2.01. The van der Waals surface area contributed by atoms with Gasteiger partial charge in [-0.25, -0.2) is 5.11 Å². The highest BCUT2D eigenvalue weighted by atomic mass is 35.5. The van der Waals surface area contributed by atoms with E-state index in [1.165, 1.54) is 0 Å². The van der Waals surface area contributed by atoms with Crippen LogP contribution in [-0.2, 0) is 18.3 Å². The van der Waals surface area contributed by atoms with Crippen molar-refractivity contribution >= 4 is 11.6 Å². The molecule has 0 aliphatic heterocycles. The fourth-order valence-corrected chi connectivity index (χ4v) is 1.24. The van der Waals surface area contributed by atoms with Crippen LogP contribution >= 0.6 is 11.6 Å². The summed E-state index contributed by atoms with van der Waals surface area (Å²) in [4.78, 5) is 0. The Morgan fingerprint density at radius 2 is 2.18 bits per heavy atom. The van der Waals surface area contributed by atoms with E-state index in [2.05, 4.69) is 0 Å². The quantitative estimate of drug-likeness (QED) is 0.722. The Balaban J connectivity index is 3.13. The molecule has 1 radical (unpaired) electrons. The molecule has 0 aliphatic carbocycles. The molecule has 0 heterocycles. The van der Waals surface area contributed by atoms with E-state index >= 15 is 0 Å². The molecule has 0 bridgehead atoms. The molecule has 1 aromatic rings. The van der Waals surface area contributed by atoms with E-state index in [0.29, 0.717) is 17.1 Å². The average Bonchev–Trinajstić information content (AvgIpc) is 2.04. The summed E-state index contributed by atoms with van der Waals surface area (Å²) in [7, 11) is 0. The Hall–Kier alpha value is -0.570. The molecule has 0 unspecified atom stereocenters. The van der Waals surface area contributed by atoms with Gasteiger partial charge in [-0.3, -0.25) is 0 Å². The number of nitrogens with two attached hydrogens (primary N) is 1. The summed E-state index contributed by atoms with van der Waals surface area (Å²) >= 11 is 5.79. The van der Waals surface area contributed by atoms with Crippen molar-refractivity contribution in [3.63, 3.8) is 0 Å². The van der Waals surface area contributed by atoms with Gasteiger partial charge in [0, 0.05) is 11.6 Å². The van der Waals surface area contributed by atoms with Gasteiger partial charge in [0.05, 0.1) is 0 Å². The fourth-order valence-electron chi connectivity index (χ4n) is 0.967. The monoisotopic (exact) mass is 170 g/mol. The van der Waals surface area contributed by atoms with Gasteiger partial charge in [-0.2, -0.15) is 0 Å². The number of halogens is 1. The van der Waals surface area contributed by atoms with E-state index in [9.17, 15) is 5.11 Å². The second kappa shape index (κ2) is 3.72. The van der Waals surface area contributed by atoms with Crippen LogP contribution in [0.3, 0.4) is 0 Å². The van der Waals surface area contributed by atoms with Crippen molar-refractivity contribution in [3.8, 4) is 0 Å². The first-order valence-electron chi connectivity index (χ1n) is 3.34. The van der Waals surface area contributed by atoms with Gasteiger partial charge in [-0.1, -0.05) is 23.7 Å². The zero-order valence-corrected chi connectivity index (χ0v) is 6.77. The van der Waals surface area contributed by atoms with E-state index in [0.717, 1.165) is 5.56 Å². The molecule has 11 heavy (non-hydrogen) atoms.